The van der Waals surface area contributed by atoms with Gasteiger partial charge in [0.25, 0.3) is 0 Å². The van der Waals surface area contributed by atoms with Crippen LogP contribution in [0.5, 0.6) is 0 Å². The second-order valence-corrected chi connectivity index (χ2v) is 1.73. The van der Waals surface area contributed by atoms with E-state index in [0.717, 1.165) is 12.8 Å². The van der Waals surface area contributed by atoms with Gasteiger partial charge in [0.05, 0.1) is 0 Å². The Kier molecular flexibility index (Phi) is 4.91. The Labute approximate surface area is 57.2 Å². The first-order valence-corrected chi connectivity index (χ1v) is 3.20. The molecule has 0 aliphatic rings. The molecule has 0 fully saturated rings. The molecule has 0 bridgehead atoms. The predicted molar refractivity (Wildman–Crippen MR) is 39.6 cm³/mol. The zero-order valence-corrected chi connectivity index (χ0v) is 5.94. The van der Waals surface area contributed by atoms with Crippen LogP contribution in [0.4, 0.5) is 0 Å². The van der Waals surface area contributed by atoms with Crippen LogP contribution >= 0.6 is 0 Å². The van der Waals surface area contributed by atoms with E-state index in [-0.39, 0.29) is 6.04 Å². The third kappa shape index (κ3) is 3.78. The number of hydrogen-bond acceptors (Lipinski definition) is 1. The van der Waals surface area contributed by atoms with Crippen molar-refractivity contribution in [2.24, 2.45) is 4.99 Å². The van der Waals surface area contributed by atoms with Crippen molar-refractivity contribution in [3.8, 4) is 11.8 Å². The molecule has 0 saturated heterocycles. The third-order valence-corrected chi connectivity index (χ3v) is 0.988. The lowest BCUT2D eigenvalue weighted by Gasteiger charge is -1.94. The average molecular weight is 121 g/mol. The highest BCUT2D eigenvalue weighted by Crippen LogP contribution is 1.92. The van der Waals surface area contributed by atoms with E-state index in [2.05, 4.69) is 16.8 Å². The van der Waals surface area contributed by atoms with E-state index in [4.69, 9.17) is 6.72 Å². The van der Waals surface area contributed by atoms with Crippen molar-refractivity contribution in [1.29, 1.82) is 0 Å². The number of nitrogens with zero attached hydrogens (tertiary/aromatic N) is 1. The van der Waals surface area contributed by atoms with Crippen molar-refractivity contribution >= 4 is 6.72 Å². The summed E-state index contributed by atoms with van der Waals surface area (Å²) in [7, 11) is 0. The molecule has 9 heavy (non-hydrogen) atoms. The van der Waals surface area contributed by atoms with Gasteiger partial charge in [0.1, 0.15) is 12.8 Å². The van der Waals surface area contributed by atoms with Crippen LogP contribution in [0.2, 0.25) is 0 Å². The Hall–Kier alpha value is -0.770. The molecule has 0 amide bonds. The maximum absolute atomic E-state index is 6.66. The predicted octanol–water partition coefficient (Wildman–Crippen LogP) is 1.63. The Morgan fingerprint density at radius 2 is 2.22 bits per heavy atom. The van der Waals surface area contributed by atoms with Crippen LogP contribution in [0.15, 0.2) is 4.99 Å². The molecule has 0 aromatic heterocycles. The lowest BCUT2D eigenvalue weighted by atomic mass is 10.2. The smallest absolute Gasteiger partial charge is 0.114 e. The van der Waals surface area contributed by atoms with Crippen molar-refractivity contribution < 1.29 is 0 Å². The van der Waals surface area contributed by atoms with Crippen LogP contribution in [-0.4, -0.2) is 12.8 Å². The highest BCUT2D eigenvalue weighted by atomic mass is 14.7. The Morgan fingerprint density at radius 3 is 2.56 bits per heavy atom. The Morgan fingerprint density at radius 1 is 1.56 bits per heavy atom. The van der Waals surface area contributed by atoms with E-state index < -0.39 is 0 Å². The number of hydrogen-bond donors (Lipinski definition) is 0. The first kappa shape index (κ1) is 8.23. The van der Waals surface area contributed by atoms with Gasteiger partial charge in [-0.3, -0.25) is 4.99 Å². The maximum atomic E-state index is 6.66. The molecule has 48 valence electrons. The topological polar surface area (TPSA) is 12.4 Å². The van der Waals surface area contributed by atoms with Crippen LogP contribution in [0, 0.1) is 11.8 Å². The van der Waals surface area contributed by atoms with Crippen LogP contribution in [0.3, 0.4) is 0 Å². The molecule has 0 saturated carbocycles. The van der Waals surface area contributed by atoms with Gasteiger partial charge in [0.2, 0.25) is 0 Å². The van der Waals surface area contributed by atoms with Gasteiger partial charge in [0.15, 0.2) is 0 Å². The van der Waals surface area contributed by atoms with Crippen molar-refractivity contribution in [2.75, 3.05) is 0 Å². The van der Waals surface area contributed by atoms with E-state index in [0.29, 0.717) is 0 Å². The second-order valence-electron chi connectivity index (χ2n) is 1.73. The second kappa shape index (κ2) is 5.37. The largest absolute Gasteiger partial charge is 0.264 e. The standard InChI is InChI=1S/C8H11N/c1-4-6-7-8(5-2)9-3/h8H,4-5H2,1-2H3. The van der Waals surface area contributed by atoms with E-state index in [1.807, 2.05) is 13.8 Å². The quantitative estimate of drug-likeness (QED) is 0.389. The van der Waals surface area contributed by atoms with Gasteiger partial charge in [0, 0.05) is 6.42 Å². The molecular formula is C8H11N. The van der Waals surface area contributed by atoms with Gasteiger partial charge in [-0.1, -0.05) is 19.8 Å². The van der Waals surface area contributed by atoms with Gasteiger partial charge >= 0.3 is 0 Å². The van der Waals surface area contributed by atoms with E-state index in [9.17, 15) is 0 Å². The summed E-state index contributed by atoms with van der Waals surface area (Å²) in [5.41, 5.74) is 0. The van der Waals surface area contributed by atoms with Gasteiger partial charge in [-0.05, 0) is 6.42 Å². The SMILES string of the molecule is CCC#CC(CC)N=[C:1]. The summed E-state index contributed by atoms with van der Waals surface area (Å²) in [6, 6.07) is -0.0649. The van der Waals surface area contributed by atoms with Gasteiger partial charge < -0.3 is 0 Å². The number of aliphatic imine (C=N–C) groups is 1. The summed E-state index contributed by atoms with van der Waals surface area (Å²) in [5, 5.41) is 0. The summed E-state index contributed by atoms with van der Waals surface area (Å²) in [6.07, 6.45) is 1.70. The van der Waals surface area contributed by atoms with Crippen LogP contribution in [0.25, 0.3) is 0 Å². The highest BCUT2D eigenvalue weighted by Gasteiger charge is 1.92. The molecule has 2 radical (unpaired) electrons. The summed E-state index contributed by atoms with van der Waals surface area (Å²) < 4.78 is 0. The maximum Gasteiger partial charge on any atom is 0.114 e. The van der Waals surface area contributed by atoms with Gasteiger partial charge in [-0.15, -0.1) is 5.92 Å². The van der Waals surface area contributed by atoms with Gasteiger partial charge in [-0.2, -0.15) is 0 Å². The summed E-state index contributed by atoms with van der Waals surface area (Å²) >= 11 is 0. The molecule has 0 aromatic rings. The number of rotatable bonds is 2. The first-order valence-electron chi connectivity index (χ1n) is 3.20. The van der Waals surface area contributed by atoms with Crippen molar-refractivity contribution in [1.82, 2.24) is 0 Å². The zero-order chi connectivity index (χ0) is 7.11. The molecule has 0 N–H and O–H groups in total. The normalized spacial score (nSPS) is 11.3. The fraction of sp³-hybridized carbons (Fsp3) is 0.625. The molecule has 1 atom stereocenters. The molecule has 1 nitrogen and oxygen atoms in total. The Bertz CT molecular complexity index is 127. The van der Waals surface area contributed by atoms with Crippen molar-refractivity contribution in [3.63, 3.8) is 0 Å². The molecule has 0 rings (SSSR count). The molecule has 0 heterocycles. The van der Waals surface area contributed by atoms with Crippen molar-refractivity contribution in [2.45, 2.75) is 32.7 Å². The lowest BCUT2D eigenvalue weighted by molar-refractivity contribution is 0.813. The molecule has 0 aliphatic heterocycles. The molecule has 1 unspecified atom stereocenters. The molecule has 0 aliphatic carbocycles. The lowest BCUT2D eigenvalue weighted by Crippen LogP contribution is -1.95. The Balaban J connectivity index is 3.67. The van der Waals surface area contributed by atoms with Gasteiger partial charge in [-0.25, -0.2) is 0 Å². The van der Waals surface area contributed by atoms with Crippen molar-refractivity contribution in [3.05, 3.63) is 0 Å². The fourth-order valence-corrected chi connectivity index (χ4v) is 0.445. The molecule has 1 heteroatoms. The van der Waals surface area contributed by atoms with Crippen LogP contribution in [0.1, 0.15) is 26.7 Å². The molecule has 0 aromatic carbocycles. The first-order chi connectivity index (χ1) is 4.35. The third-order valence-electron chi connectivity index (χ3n) is 0.988. The van der Waals surface area contributed by atoms with Crippen LogP contribution in [-0.2, 0) is 0 Å². The summed E-state index contributed by atoms with van der Waals surface area (Å²) in [6.45, 7) is 10.6. The van der Waals surface area contributed by atoms with E-state index in [1.54, 1.807) is 0 Å². The summed E-state index contributed by atoms with van der Waals surface area (Å²) in [5.74, 6) is 5.75. The zero-order valence-electron chi connectivity index (χ0n) is 5.94. The van der Waals surface area contributed by atoms with Crippen LogP contribution < -0.4 is 0 Å². The highest BCUT2D eigenvalue weighted by molar-refractivity contribution is 5.26. The minimum Gasteiger partial charge on any atom is -0.264 e. The molecular weight excluding hydrogens is 110 g/mol. The fourth-order valence-electron chi connectivity index (χ4n) is 0.445. The van der Waals surface area contributed by atoms with E-state index >= 15 is 0 Å². The minimum absolute atomic E-state index is 0.0649. The minimum atomic E-state index is -0.0649. The average Bonchev–Trinajstić information content (AvgIpc) is 1.91. The van der Waals surface area contributed by atoms with E-state index in [1.165, 1.54) is 0 Å². The monoisotopic (exact) mass is 121 g/mol. The molecule has 0 spiro atoms. The summed E-state index contributed by atoms with van der Waals surface area (Å²) in [4.78, 5) is 3.32.